The number of carbonyl (C=O) groups excluding carboxylic acids is 1. The summed E-state index contributed by atoms with van der Waals surface area (Å²) in [6, 6.07) is -0.986. The second kappa shape index (κ2) is 48.2. The molecule has 0 bridgehead atoms. The Balaban J connectivity index is 1.47. The van der Waals surface area contributed by atoms with Crippen molar-refractivity contribution in [2.45, 2.75) is 356 Å². The molecule has 0 spiro atoms. The molecule has 17 unspecified atom stereocenters. The van der Waals surface area contributed by atoms with Gasteiger partial charge >= 0.3 is 0 Å². The van der Waals surface area contributed by atoms with Gasteiger partial charge in [0.1, 0.15) is 73.2 Å². The molecule has 12 N–H and O–H groups in total. The first-order chi connectivity index (χ1) is 40.8. The fourth-order valence-corrected chi connectivity index (χ4v) is 11.5. The number of ether oxygens (including phenoxy) is 6. The molecule has 0 aromatic rings. The van der Waals surface area contributed by atoms with Gasteiger partial charge in [-0.05, 0) is 32.1 Å². The lowest BCUT2D eigenvalue weighted by atomic mass is 9.96. The molecule has 3 saturated heterocycles. The zero-order valence-electron chi connectivity index (χ0n) is 51.9. The van der Waals surface area contributed by atoms with Crippen LogP contribution < -0.4 is 5.32 Å². The summed E-state index contributed by atoms with van der Waals surface area (Å²) < 4.78 is 34.3. The van der Waals surface area contributed by atoms with Crippen molar-refractivity contribution in [3.05, 3.63) is 24.3 Å². The lowest BCUT2D eigenvalue weighted by molar-refractivity contribution is -0.379. The average molecular weight is 1200 g/mol. The van der Waals surface area contributed by atoms with E-state index in [-0.39, 0.29) is 18.9 Å². The van der Waals surface area contributed by atoms with Crippen LogP contribution in [0.25, 0.3) is 0 Å². The maximum absolute atomic E-state index is 13.4. The van der Waals surface area contributed by atoms with Crippen LogP contribution in [-0.2, 0) is 33.2 Å². The zero-order chi connectivity index (χ0) is 61.2. The third-order valence-corrected chi connectivity index (χ3v) is 17.0. The first kappa shape index (κ1) is 76.5. The van der Waals surface area contributed by atoms with E-state index in [1.807, 2.05) is 6.08 Å². The highest BCUT2D eigenvalue weighted by molar-refractivity contribution is 5.76. The lowest BCUT2D eigenvalue weighted by Crippen LogP contribution is -2.66. The van der Waals surface area contributed by atoms with E-state index in [9.17, 15) is 61.0 Å². The molecule has 1 amide bonds. The molecule has 0 radical (unpaired) electrons. The molecule has 0 aliphatic carbocycles. The maximum atomic E-state index is 13.4. The SMILES string of the molecule is CCCCCCCCCCCCCCCCC/C=C/CC/C=C/C(O)C(COC1OC(CO)C(OC2OC(CO)C(OC3OC(CO)C(O)C(O)C3O)C(O)C2O)C(O)C1O)NC(=O)CCCCCCCCCCCCCCCCCCCC. The number of carbonyl (C=O) groups is 1. The van der Waals surface area contributed by atoms with Gasteiger partial charge in [0.05, 0.1) is 38.6 Å². The van der Waals surface area contributed by atoms with Crippen LogP contribution in [0.2, 0.25) is 0 Å². The quantitative estimate of drug-likeness (QED) is 0.0204. The van der Waals surface area contributed by atoms with Gasteiger partial charge in [0.2, 0.25) is 5.91 Å². The van der Waals surface area contributed by atoms with Gasteiger partial charge in [-0.25, -0.2) is 0 Å². The number of rotatable bonds is 51. The molecule has 0 saturated carbocycles. The Kier molecular flexibility index (Phi) is 43.9. The first-order valence-electron chi connectivity index (χ1n) is 33.6. The van der Waals surface area contributed by atoms with Gasteiger partial charge in [-0.1, -0.05) is 237 Å². The van der Waals surface area contributed by atoms with Crippen LogP contribution in [0.4, 0.5) is 0 Å². The number of allylic oxidation sites excluding steroid dienone is 3. The minimum Gasteiger partial charge on any atom is -0.394 e. The minimum absolute atomic E-state index is 0.240. The van der Waals surface area contributed by atoms with Crippen LogP contribution in [0.15, 0.2) is 24.3 Å². The smallest absolute Gasteiger partial charge is 0.220 e. The fourth-order valence-electron chi connectivity index (χ4n) is 11.5. The predicted molar refractivity (Wildman–Crippen MR) is 323 cm³/mol. The van der Waals surface area contributed by atoms with E-state index in [4.69, 9.17) is 28.4 Å². The second-order valence-corrected chi connectivity index (χ2v) is 24.3. The number of hydrogen-bond donors (Lipinski definition) is 12. The molecule has 3 aliphatic rings. The molecule has 0 aromatic carbocycles. The summed E-state index contributed by atoms with van der Waals surface area (Å²) in [6.07, 6.45) is 25.8. The molecule has 3 aliphatic heterocycles. The predicted octanol–water partition coefficient (Wildman–Crippen LogP) is 7.88. The van der Waals surface area contributed by atoms with E-state index in [1.165, 1.54) is 180 Å². The average Bonchev–Trinajstić information content (AvgIpc) is 2.79. The summed E-state index contributed by atoms with van der Waals surface area (Å²) in [5, 5.41) is 120. The molecule has 0 aromatic heterocycles. The summed E-state index contributed by atoms with van der Waals surface area (Å²) in [5.74, 6) is -0.281. The summed E-state index contributed by atoms with van der Waals surface area (Å²) >= 11 is 0. The number of hydrogen-bond acceptors (Lipinski definition) is 18. The Bertz CT molecular complexity index is 1630. The molecule has 3 rings (SSSR count). The van der Waals surface area contributed by atoms with Crippen LogP contribution in [0, 0.1) is 0 Å². The van der Waals surface area contributed by atoms with E-state index < -0.39 is 124 Å². The monoisotopic (exact) mass is 1200 g/mol. The van der Waals surface area contributed by atoms with Crippen LogP contribution in [0.3, 0.4) is 0 Å². The van der Waals surface area contributed by atoms with Gasteiger partial charge in [0.15, 0.2) is 18.9 Å². The van der Waals surface area contributed by atoms with Crippen molar-refractivity contribution in [1.82, 2.24) is 5.32 Å². The van der Waals surface area contributed by atoms with Crippen molar-refractivity contribution < 1.29 is 89.4 Å². The van der Waals surface area contributed by atoms with E-state index >= 15 is 0 Å². The van der Waals surface area contributed by atoms with Crippen molar-refractivity contribution in [3.8, 4) is 0 Å². The third kappa shape index (κ3) is 30.7. The second-order valence-electron chi connectivity index (χ2n) is 24.3. The molecule has 19 nitrogen and oxygen atoms in total. The van der Waals surface area contributed by atoms with Crippen LogP contribution in [-0.4, -0.2) is 193 Å². The highest BCUT2D eigenvalue weighted by Crippen LogP contribution is 2.33. The molecular formula is C65H121NO18. The number of aliphatic hydroxyl groups excluding tert-OH is 11. The van der Waals surface area contributed by atoms with Crippen LogP contribution in [0.5, 0.6) is 0 Å². The Morgan fingerprint density at radius 1 is 0.417 bits per heavy atom. The van der Waals surface area contributed by atoms with Crippen molar-refractivity contribution in [2.75, 3.05) is 26.4 Å². The molecular weight excluding hydrogens is 1080 g/mol. The van der Waals surface area contributed by atoms with Crippen molar-refractivity contribution in [2.24, 2.45) is 0 Å². The van der Waals surface area contributed by atoms with Gasteiger partial charge in [0, 0.05) is 6.42 Å². The largest absolute Gasteiger partial charge is 0.394 e. The standard InChI is InChI=1S/C65H121NO18/c1-3-5-7-9-11-13-15-17-19-21-23-24-25-26-28-30-32-34-36-38-40-42-49(70)48(66-53(71)43-41-39-37-35-33-31-29-27-22-20-18-16-14-12-10-8-6-4-2)47-79-63-59(77)56(74)61(51(45-68)81-63)84-65-60(78)57(75)62(52(46-69)82-65)83-64-58(76)55(73)54(72)50(44-67)80-64/h32,34,40,42,48-52,54-65,67-70,72-78H,3-31,33,35-39,41,43-47H2,1-2H3,(H,66,71)/b34-32+,42-40+. The normalized spacial score (nSPS) is 29.3. The molecule has 494 valence electrons. The van der Waals surface area contributed by atoms with Crippen molar-refractivity contribution in [1.29, 1.82) is 0 Å². The van der Waals surface area contributed by atoms with E-state index in [2.05, 4.69) is 31.3 Å². The number of amides is 1. The van der Waals surface area contributed by atoms with E-state index in [0.717, 1.165) is 38.5 Å². The first-order valence-corrected chi connectivity index (χ1v) is 33.6. The molecule has 84 heavy (non-hydrogen) atoms. The van der Waals surface area contributed by atoms with E-state index in [0.29, 0.717) is 12.8 Å². The van der Waals surface area contributed by atoms with Crippen LogP contribution in [0.1, 0.15) is 251 Å². The van der Waals surface area contributed by atoms with Crippen molar-refractivity contribution in [3.63, 3.8) is 0 Å². The zero-order valence-corrected chi connectivity index (χ0v) is 51.9. The van der Waals surface area contributed by atoms with Gasteiger partial charge in [-0.2, -0.15) is 0 Å². The Labute approximate surface area is 505 Å². The molecule has 19 heteroatoms. The van der Waals surface area contributed by atoms with Crippen LogP contribution >= 0.6 is 0 Å². The van der Waals surface area contributed by atoms with Gasteiger partial charge in [-0.3, -0.25) is 4.79 Å². The van der Waals surface area contributed by atoms with E-state index in [1.54, 1.807) is 6.08 Å². The Morgan fingerprint density at radius 3 is 1.19 bits per heavy atom. The number of unbranched alkanes of at least 4 members (excludes halogenated alkanes) is 33. The highest BCUT2D eigenvalue weighted by atomic mass is 16.8. The Hall–Kier alpha value is -1.73. The minimum atomic E-state index is -1.98. The molecule has 17 atom stereocenters. The summed E-state index contributed by atoms with van der Waals surface area (Å²) in [7, 11) is 0. The Morgan fingerprint density at radius 2 is 0.762 bits per heavy atom. The lowest BCUT2D eigenvalue weighted by Gasteiger charge is -2.48. The molecule has 3 fully saturated rings. The highest BCUT2D eigenvalue weighted by Gasteiger charge is 2.53. The van der Waals surface area contributed by atoms with Gasteiger partial charge in [-0.15, -0.1) is 0 Å². The summed E-state index contributed by atoms with van der Waals surface area (Å²) in [4.78, 5) is 13.4. The molecule has 3 heterocycles. The maximum Gasteiger partial charge on any atom is 0.220 e. The summed E-state index contributed by atoms with van der Waals surface area (Å²) in [5.41, 5.74) is 0. The third-order valence-electron chi connectivity index (χ3n) is 17.0. The van der Waals surface area contributed by atoms with Gasteiger partial charge < -0.3 is 89.9 Å². The number of nitrogens with one attached hydrogen (secondary N) is 1. The van der Waals surface area contributed by atoms with Gasteiger partial charge in [0.25, 0.3) is 0 Å². The summed E-state index contributed by atoms with van der Waals surface area (Å²) in [6.45, 7) is 1.74. The fraction of sp³-hybridized carbons (Fsp3) is 0.923. The number of aliphatic hydroxyl groups is 11. The van der Waals surface area contributed by atoms with Crippen molar-refractivity contribution >= 4 is 5.91 Å². The topological polar surface area (TPSA) is 307 Å².